The number of rotatable bonds is 6. The number of hydrogen-bond acceptors (Lipinski definition) is 4. The zero-order valence-electron chi connectivity index (χ0n) is 13.8. The standard InChI is InChI=1S/C17H21F3N2O3/c18-17(19,20)11-25-14-2-1-12(10-22-14)3-6-21-15(23)13-9-16(13)4-7-24-8-5-16/h1-2,10,13H,3-9,11H2,(H,21,23). The van der Waals surface area contributed by atoms with Crippen LogP contribution < -0.4 is 10.1 Å². The van der Waals surface area contributed by atoms with Gasteiger partial charge < -0.3 is 14.8 Å². The van der Waals surface area contributed by atoms with E-state index in [4.69, 9.17) is 4.74 Å². The molecular formula is C17H21F3N2O3. The Morgan fingerprint density at radius 3 is 2.76 bits per heavy atom. The van der Waals surface area contributed by atoms with E-state index in [1.165, 1.54) is 12.3 Å². The number of aromatic nitrogens is 1. The maximum Gasteiger partial charge on any atom is 0.422 e. The predicted molar refractivity (Wildman–Crippen MR) is 83.1 cm³/mol. The lowest BCUT2D eigenvalue weighted by Crippen LogP contribution is -2.31. The molecule has 1 saturated heterocycles. The first-order valence-electron chi connectivity index (χ1n) is 8.38. The molecule has 1 saturated carbocycles. The molecule has 5 nitrogen and oxygen atoms in total. The maximum atomic E-state index is 12.2. The summed E-state index contributed by atoms with van der Waals surface area (Å²) < 4.78 is 46.1. The topological polar surface area (TPSA) is 60.5 Å². The summed E-state index contributed by atoms with van der Waals surface area (Å²) in [5.74, 6) is 0.109. The molecule has 8 heteroatoms. The molecule has 1 spiro atoms. The van der Waals surface area contributed by atoms with Crippen molar-refractivity contribution in [1.82, 2.24) is 10.3 Å². The van der Waals surface area contributed by atoms with Crippen molar-refractivity contribution in [2.24, 2.45) is 11.3 Å². The number of pyridine rings is 1. The Morgan fingerprint density at radius 2 is 2.12 bits per heavy atom. The molecule has 1 unspecified atom stereocenters. The van der Waals surface area contributed by atoms with Crippen molar-refractivity contribution in [3.63, 3.8) is 0 Å². The fourth-order valence-corrected chi connectivity index (χ4v) is 3.30. The van der Waals surface area contributed by atoms with Crippen molar-refractivity contribution in [3.8, 4) is 5.88 Å². The summed E-state index contributed by atoms with van der Waals surface area (Å²) in [6, 6.07) is 3.06. The van der Waals surface area contributed by atoms with Crippen molar-refractivity contribution in [1.29, 1.82) is 0 Å². The number of amides is 1. The lowest BCUT2D eigenvalue weighted by Gasteiger charge is -2.22. The summed E-state index contributed by atoms with van der Waals surface area (Å²) in [4.78, 5) is 16.1. The lowest BCUT2D eigenvalue weighted by atomic mass is 9.93. The third-order valence-electron chi connectivity index (χ3n) is 4.89. The SMILES string of the molecule is O=C(NCCc1ccc(OCC(F)(F)F)nc1)C1CC12CCOCC2. The highest BCUT2D eigenvalue weighted by molar-refractivity contribution is 5.82. The summed E-state index contributed by atoms with van der Waals surface area (Å²) in [6.45, 7) is 0.590. The zero-order valence-corrected chi connectivity index (χ0v) is 13.8. The Hall–Kier alpha value is -1.83. The van der Waals surface area contributed by atoms with Crippen LogP contribution in [-0.4, -0.2) is 43.4 Å². The summed E-state index contributed by atoms with van der Waals surface area (Å²) in [5, 5.41) is 2.94. The number of carbonyl (C=O) groups is 1. The van der Waals surface area contributed by atoms with Gasteiger partial charge in [-0.2, -0.15) is 13.2 Å². The molecule has 0 aromatic carbocycles. The van der Waals surface area contributed by atoms with E-state index < -0.39 is 12.8 Å². The van der Waals surface area contributed by atoms with Crippen molar-refractivity contribution < 1.29 is 27.4 Å². The molecule has 1 amide bonds. The van der Waals surface area contributed by atoms with Crippen LogP contribution in [0.3, 0.4) is 0 Å². The van der Waals surface area contributed by atoms with E-state index in [0.29, 0.717) is 13.0 Å². The molecule has 1 aliphatic heterocycles. The molecular weight excluding hydrogens is 337 g/mol. The number of alkyl halides is 3. The average Bonchev–Trinajstić information content (AvgIpc) is 3.27. The van der Waals surface area contributed by atoms with Crippen LogP contribution in [-0.2, 0) is 16.0 Å². The Morgan fingerprint density at radius 1 is 1.36 bits per heavy atom. The van der Waals surface area contributed by atoms with Crippen molar-refractivity contribution >= 4 is 5.91 Å². The Labute approximate surface area is 143 Å². The monoisotopic (exact) mass is 358 g/mol. The molecule has 25 heavy (non-hydrogen) atoms. The van der Waals surface area contributed by atoms with Gasteiger partial charge in [0.25, 0.3) is 0 Å². The molecule has 1 aromatic heterocycles. The summed E-state index contributed by atoms with van der Waals surface area (Å²) in [7, 11) is 0. The predicted octanol–water partition coefficient (Wildman–Crippen LogP) is 2.50. The Balaban J connectivity index is 1.38. The molecule has 1 N–H and O–H groups in total. The first-order valence-corrected chi connectivity index (χ1v) is 8.38. The highest BCUT2D eigenvalue weighted by atomic mass is 19.4. The van der Waals surface area contributed by atoms with E-state index in [-0.39, 0.29) is 23.1 Å². The van der Waals surface area contributed by atoms with Crippen molar-refractivity contribution in [2.75, 3.05) is 26.4 Å². The second-order valence-corrected chi connectivity index (χ2v) is 6.68. The van der Waals surface area contributed by atoms with Crippen LogP contribution in [0.1, 0.15) is 24.8 Å². The number of nitrogens with one attached hydrogen (secondary N) is 1. The molecule has 1 atom stereocenters. The van der Waals surface area contributed by atoms with Crippen molar-refractivity contribution in [3.05, 3.63) is 23.9 Å². The fraction of sp³-hybridized carbons (Fsp3) is 0.647. The van der Waals surface area contributed by atoms with Gasteiger partial charge in [-0.05, 0) is 36.7 Å². The van der Waals surface area contributed by atoms with E-state index in [9.17, 15) is 18.0 Å². The van der Waals surface area contributed by atoms with Gasteiger partial charge in [-0.25, -0.2) is 4.98 Å². The van der Waals surface area contributed by atoms with Gasteiger partial charge >= 0.3 is 6.18 Å². The largest absolute Gasteiger partial charge is 0.468 e. The minimum atomic E-state index is -4.38. The van der Waals surface area contributed by atoms with Gasteiger partial charge in [-0.15, -0.1) is 0 Å². The highest BCUT2D eigenvalue weighted by Gasteiger charge is 2.57. The van der Waals surface area contributed by atoms with Gasteiger partial charge in [0.05, 0.1) is 0 Å². The van der Waals surface area contributed by atoms with Crippen molar-refractivity contribution in [2.45, 2.75) is 31.9 Å². The molecule has 0 bridgehead atoms. The number of hydrogen-bond donors (Lipinski definition) is 1. The first-order chi connectivity index (χ1) is 11.9. The van der Waals surface area contributed by atoms with Crippen LogP contribution in [0.5, 0.6) is 5.88 Å². The quantitative estimate of drug-likeness (QED) is 0.849. The molecule has 3 rings (SSSR count). The summed E-state index contributed by atoms with van der Waals surface area (Å²) >= 11 is 0. The Kier molecular flexibility index (Phi) is 5.17. The number of halogens is 3. The fourth-order valence-electron chi connectivity index (χ4n) is 3.30. The number of nitrogens with zero attached hydrogens (tertiary/aromatic N) is 1. The molecule has 1 aliphatic carbocycles. The molecule has 2 fully saturated rings. The smallest absolute Gasteiger partial charge is 0.422 e. The van der Waals surface area contributed by atoms with Gasteiger partial charge in [0, 0.05) is 37.9 Å². The minimum absolute atomic E-state index is 0.0652. The maximum absolute atomic E-state index is 12.2. The third-order valence-corrected chi connectivity index (χ3v) is 4.89. The van der Waals surface area contributed by atoms with Gasteiger partial charge in [-0.1, -0.05) is 6.07 Å². The minimum Gasteiger partial charge on any atom is -0.468 e. The van der Waals surface area contributed by atoms with Crippen LogP contribution in [0.4, 0.5) is 13.2 Å². The van der Waals surface area contributed by atoms with E-state index >= 15 is 0 Å². The molecule has 2 heterocycles. The van der Waals surface area contributed by atoms with Gasteiger partial charge in [0.2, 0.25) is 11.8 Å². The van der Waals surface area contributed by atoms with E-state index in [2.05, 4.69) is 15.0 Å². The Bertz CT molecular complexity index is 598. The molecule has 0 radical (unpaired) electrons. The second kappa shape index (κ2) is 7.19. The van der Waals surface area contributed by atoms with Crippen LogP contribution >= 0.6 is 0 Å². The molecule has 138 valence electrons. The van der Waals surface area contributed by atoms with E-state index in [1.807, 2.05) is 0 Å². The van der Waals surface area contributed by atoms with Gasteiger partial charge in [0.15, 0.2) is 6.61 Å². The highest BCUT2D eigenvalue weighted by Crippen LogP contribution is 2.59. The van der Waals surface area contributed by atoms with Crippen LogP contribution in [0.25, 0.3) is 0 Å². The number of carbonyl (C=O) groups excluding carboxylic acids is 1. The van der Waals surface area contributed by atoms with Crippen LogP contribution in [0.2, 0.25) is 0 Å². The third kappa shape index (κ3) is 4.84. The summed E-state index contributed by atoms with van der Waals surface area (Å²) in [5.41, 5.74) is 0.984. The van der Waals surface area contributed by atoms with E-state index in [1.54, 1.807) is 6.07 Å². The van der Waals surface area contributed by atoms with Crippen LogP contribution in [0.15, 0.2) is 18.3 Å². The molecule has 2 aliphatic rings. The zero-order chi connectivity index (χ0) is 17.9. The van der Waals surface area contributed by atoms with E-state index in [0.717, 1.165) is 38.0 Å². The average molecular weight is 358 g/mol. The summed E-state index contributed by atoms with van der Waals surface area (Å²) in [6.07, 6.45) is 0.503. The second-order valence-electron chi connectivity index (χ2n) is 6.68. The van der Waals surface area contributed by atoms with Crippen LogP contribution in [0, 0.1) is 11.3 Å². The normalized spacial score (nSPS) is 21.8. The lowest BCUT2D eigenvalue weighted by molar-refractivity contribution is -0.154. The number of ether oxygens (including phenoxy) is 2. The molecule has 1 aromatic rings. The van der Waals surface area contributed by atoms with Gasteiger partial charge in [-0.3, -0.25) is 4.79 Å². The first kappa shape index (κ1) is 18.0. The van der Waals surface area contributed by atoms with Gasteiger partial charge in [0.1, 0.15) is 0 Å².